The molecule has 4 N–H and O–H groups in total. The zero-order valence-corrected chi connectivity index (χ0v) is 10.8. The van der Waals surface area contributed by atoms with Crippen molar-refractivity contribution in [2.45, 2.75) is 9.37 Å². The molecule has 0 fully saturated rings. The number of nitrogen functional groups attached to an aromatic ring is 2. The molecule has 18 heavy (non-hydrogen) atoms. The molecule has 0 aliphatic carbocycles. The molecule has 0 saturated carbocycles. The lowest BCUT2D eigenvalue weighted by atomic mass is 10.3. The molecule has 0 aliphatic rings. The van der Waals surface area contributed by atoms with E-state index >= 15 is 0 Å². The number of anilines is 2. The first-order chi connectivity index (χ1) is 8.70. The SMILES string of the molecule is Nc1cc(Sc2nc3ccccc3s2)nc(N)n1. The van der Waals surface area contributed by atoms with Crippen molar-refractivity contribution in [2.24, 2.45) is 0 Å². The summed E-state index contributed by atoms with van der Waals surface area (Å²) in [5.41, 5.74) is 12.2. The molecule has 2 aromatic heterocycles. The fourth-order valence-corrected chi connectivity index (χ4v) is 3.53. The van der Waals surface area contributed by atoms with E-state index in [4.69, 9.17) is 11.5 Å². The summed E-state index contributed by atoms with van der Waals surface area (Å²) in [4.78, 5) is 12.5. The van der Waals surface area contributed by atoms with Crippen LogP contribution in [-0.2, 0) is 0 Å². The van der Waals surface area contributed by atoms with Crippen LogP contribution in [0.1, 0.15) is 0 Å². The van der Waals surface area contributed by atoms with E-state index < -0.39 is 0 Å². The van der Waals surface area contributed by atoms with E-state index in [0.29, 0.717) is 10.8 Å². The number of aromatic nitrogens is 3. The Morgan fingerprint density at radius 1 is 1.06 bits per heavy atom. The highest BCUT2D eigenvalue weighted by atomic mass is 32.2. The third-order valence-corrected chi connectivity index (χ3v) is 4.22. The van der Waals surface area contributed by atoms with Crippen LogP contribution in [0.4, 0.5) is 11.8 Å². The molecule has 0 spiro atoms. The Bertz CT molecular complexity index is 656. The molecule has 3 rings (SSSR count). The number of rotatable bonds is 2. The van der Waals surface area contributed by atoms with Crippen molar-refractivity contribution in [1.29, 1.82) is 0 Å². The minimum Gasteiger partial charge on any atom is -0.383 e. The topological polar surface area (TPSA) is 90.7 Å². The smallest absolute Gasteiger partial charge is 0.223 e. The lowest BCUT2D eigenvalue weighted by Crippen LogP contribution is -1.99. The summed E-state index contributed by atoms with van der Waals surface area (Å²) in [6.45, 7) is 0. The monoisotopic (exact) mass is 275 g/mol. The van der Waals surface area contributed by atoms with Gasteiger partial charge in [-0.2, -0.15) is 4.98 Å². The molecule has 0 atom stereocenters. The van der Waals surface area contributed by atoms with Crippen LogP contribution < -0.4 is 11.5 Å². The first-order valence-electron chi connectivity index (χ1n) is 5.14. The number of thiazole rings is 1. The Kier molecular flexibility index (Phi) is 2.77. The molecule has 7 heteroatoms. The third-order valence-electron chi connectivity index (χ3n) is 2.21. The van der Waals surface area contributed by atoms with E-state index in [1.54, 1.807) is 17.4 Å². The molecule has 0 unspecified atom stereocenters. The van der Waals surface area contributed by atoms with Gasteiger partial charge in [-0.3, -0.25) is 0 Å². The van der Waals surface area contributed by atoms with E-state index in [9.17, 15) is 0 Å². The second-order valence-electron chi connectivity index (χ2n) is 3.54. The van der Waals surface area contributed by atoms with Crippen LogP contribution in [0, 0.1) is 0 Å². The first-order valence-corrected chi connectivity index (χ1v) is 6.77. The predicted molar refractivity (Wildman–Crippen MR) is 74.6 cm³/mol. The van der Waals surface area contributed by atoms with Crippen molar-refractivity contribution in [3.63, 3.8) is 0 Å². The van der Waals surface area contributed by atoms with Gasteiger partial charge in [-0.25, -0.2) is 9.97 Å². The van der Waals surface area contributed by atoms with Crippen LogP contribution >= 0.6 is 23.1 Å². The van der Waals surface area contributed by atoms with Crippen LogP contribution in [0.25, 0.3) is 10.2 Å². The van der Waals surface area contributed by atoms with Crippen LogP contribution in [0.2, 0.25) is 0 Å². The molecule has 2 heterocycles. The van der Waals surface area contributed by atoms with E-state index in [1.807, 2.05) is 24.3 Å². The minimum absolute atomic E-state index is 0.179. The fraction of sp³-hybridized carbons (Fsp3) is 0. The van der Waals surface area contributed by atoms with Crippen LogP contribution in [0.3, 0.4) is 0 Å². The maximum atomic E-state index is 5.63. The highest BCUT2D eigenvalue weighted by Gasteiger charge is 2.07. The van der Waals surface area contributed by atoms with Crippen LogP contribution in [0.15, 0.2) is 39.7 Å². The van der Waals surface area contributed by atoms with Gasteiger partial charge < -0.3 is 11.5 Å². The van der Waals surface area contributed by atoms with Crippen molar-refractivity contribution in [3.8, 4) is 0 Å². The van der Waals surface area contributed by atoms with Crippen molar-refractivity contribution in [1.82, 2.24) is 15.0 Å². The van der Waals surface area contributed by atoms with Gasteiger partial charge in [0.05, 0.1) is 10.2 Å². The van der Waals surface area contributed by atoms with E-state index in [2.05, 4.69) is 15.0 Å². The molecule has 0 bridgehead atoms. The Balaban J connectivity index is 1.96. The summed E-state index contributed by atoms with van der Waals surface area (Å²) >= 11 is 3.05. The minimum atomic E-state index is 0.179. The summed E-state index contributed by atoms with van der Waals surface area (Å²) < 4.78 is 2.06. The van der Waals surface area contributed by atoms with Gasteiger partial charge in [0.2, 0.25) is 5.95 Å². The number of fused-ring (bicyclic) bond motifs is 1. The van der Waals surface area contributed by atoms with Crippen molar-refractivity contribution < 1.29 is 0 Å². The lowest BCUT2D eigenvalue weighted by Gasteiger charge is -1.99. The Labute approximate surface area is 111 Å². The summed E-state index contributed by atoms with van der Waals surface area (Å²) in [6.07, 6.45) is 0. The molecular weight excluding hydrogens is 266 g/mol. The highest BCUT2D eigenvalue weighted by molar-refractivity contribution is 8.01. The fourth-order valence-electron chi connectivity index (χ4n) is 1.50. The van der Waals surface area contributed by atoms with Gasteiger partial charge in [0, 0.05) is 6.07 Å². The largest absolute Gasteiger partial charge is 0.383 e. The number of nitrogens with two attached hydrogens (primary N) is 2. The average molecular weight is 275 g/mol. The average Bonchev–Trinajstić information content (AvgIpc) is 2.69. The molecule has 1 aromatic carbocycles. The zero-order chi connectivity index (χ0) is 12.5. The van der Waals surface area contributed by atoms with E-state index in [1.165, 1.54) is 11.8 Å². The van der Waals surface area contributed by atoms with Crippen LogP contribution in [-0.4, -0.2) is 15.0 Å². The van der Waals surface area contributed by atoms with E-state index in [-0.39, 0.29) is 5.95 Å². The molecular formula is C11H9N5S2. The second kappa shape index (κ2) is 4.43. The van der Waals surface area contributed by atoms with Gasteiger partial charge in [0.1, 0.15) is 10.8 Å². The summed E-state index contributed by atoms with van der Waals surface area (Å²) in [5.74, 6) is 0.546. The van der Waals surface area contributed by atoms with Gasteiger partial charge in [0.15, 0.2) is 4.34 Å². The van der Waals surface area contributed by atoms with Crippen molar-refractivity contribution in [2.75, 3.05) is 11.5 Å². The normalized spacial score (nSPS) is 10.9. The van der Waals surface area contributed by atoms with Gasteiger partial charge in [-0.1, -0.05) is 12.1 Å². The number of hydrogen-bond donors (Lipinski definition) is 2. The third kappa shape index (κ3) is 2.22. The molecule has 3 aromatic rings. The molecule has 90 valence electrons. The highest BCUT2D eigenvalue weighted by Crippen LogP contribution is 2.33. The van der Waals surface area contributed by atoms with Gasteiger partial charge >= 0.3 is 0 Å². The van der Waals surface area contributed by atoms with Gasteiger partial charge in [0.25, 0.3) is 0 Å². The number of para-hydroxylation sites is 1. The molecule has 5 nitrogen and oxygen atoms in total. The first kappa shape index (κ1) is 11.2. The molecule has 0 saturated heterocycles. The standard InChI is InChI=1S/C11H9N5S2/c12-8-5-9(16-10(13)15-8)18-11-14-6-3-1-2-4-7(6)17-11/h1-5H,(H4,12,13,15,16). The number of nitrogens with zero attached hydrogens (tertiary/aromatic N) is 3. The maximum Gasteiger partial charge on any atom is 0.223 e. The summed E-state index contributed by atoms with van der Waals surface area (Å²) in [5, 5.41) is 0.707. The summed E-state index contributed by atoms with van der Waals surface area (Å²) in [7, 11) is 0. The number of hydrogen-bond acceptors (Lipinski definition) is 7. The molecule has 0 radical (unpaired) electrons. The molecule has 0 amide bonds. The Morgan fingerprint density at radius 3 is 2.67 bits per heavy atom. The predicted octanol–water partition coefficient (Wildman–Crippen LogP) is 2.40. The zero-order valence-electron chi connectivity index (χ0n) is 9.20. The van der Waals surface area contributed by atoms with Crippen molar-refractivity contribution in [3.05, 3.63) is 30.3 Å². The van der Waals surface area contributed by atoms with Crippen LogP contribution in [0.5, 0.6) is 0 Å². The second-order valence-corrected chi connectivity index (χ2v) is 5.84. The van der Waals surface area contributed by atoms with Crippen molar-refractivity contribution >= 4 is 45.1 Å². The van der Waals surface area contributed by atoms with E-state index in [0.717, 1.165) is 14.6 Å². The summed E-state index contributed by atoms with van der Waals surface area (Å²) in [6, 6.07) is 9.68. The molecule has 0 aliphatic heterocycles. The Hall–Kier alpha value is -1.86. The maximum absolute atomic E-state index is 5.63. The number of benzene rings is 1. The Morgan fingerprint density at radius 2 is 1.89 bits per heavy atom. The lowest BCUT2D eigenvalue weighted by molar-refractivity contribution is 1.07. The quantitative estimate of drug-likeness (QED) is 0.698. The van der Waals surface area contributed by atoms with Gasteiger partial charge in [-0.05, 0) is 23.9 Å². The van der Waals surface area contributed by atoms with Gasteiger partial charge in [-0.15, -0.1) is 11.3 Å².